The number of rotatable bonds is 4. The Labute approximate surface area is 334 Å². The van der Waals surface area contributed by atoms with Crippen molar-refractivity contribution < 1.29 is 4.74 Å². The maximum Gasteiger partial charge on any atom is 0.128 e. The first kappa shape index (κ1) is 33.4. The van der Waals surface area contributed by atoms with Crippen LogP contribution < -0.4 is 10.1 Å². The fraction of sp³-hybridized carbons (Fsp3) is 0.0909. The molecule has 2 heteroatoms. The van der Waals surface area contributed by atoms with Crippen LogP contribution in [-0.2, 0) is 5.41 Å². The first-order valence-corrected chi connectivity index (χ1v) is 20.0. The average Bonchev–Trinajstić information content (AvgIpc) is 3.88. The molecule has 1 aliphatic heterocycles. The van der Waals surface area contributed by atoms with E-state index < -0.39 is 0 Å². The van der Waals surface area contributed by atoms with E-state index in [1.54, 1.807) is 0 Å². The first-order valence-electron chi connectivity index (χ1n) is 20.0. The summed E-state index contributed by atoms with van der Waals surface area (Å²) in [5.41, 5.74) is 19.3. The van der Waals surface area contributed by atoms with Crippen LogP contribution >= 0.6 is 0 Å². The Hall–Kier alpha value is -6.90. The second kappa shape index (κ2) is 13.1. The molecule has 0 radical (unpaired) electrons. The molecule has 2 nitrogen and oxygen atoms in total. The summed E-state index contributed by atoms with van der Waals surface area (Å²) in [7, 11) is 0. The molecule has 0 saturated carbocycles. The molecular weight excluding hydrogens is 691 g/mol. The predicted molar refractivity (Wildman–Crippen MR) is 238 cm³/mol. The van der Waals surface area contributed by atoms with Gasteiger partial charge >= 0.3 is 0 Å². The second-order valence-electron chi connectivity index (χ2n) is 16.1. The summed E-state index contributed by atoms with van der Waals surface area (Å²) in [5.74, 6) is 1.39. The van der Waals surface area contributed by atoms with E-state index in [1.165, 1.54) is 83.1 Å². The van der Waals surface area contributed by atoms with Crippen molar-refractivity contribution in [3.63, 3.8) is 0 Å². The second-order valence-corrected chi connectivity index (χ2v) is 16.1. The Morgan fingerprint density at radius 3 is 1.93 bits per heavy atom. The number of fused-ring (bicyclic) bond motifs is 9. The molecule has 8 aromatic rings. The summed E-state index contributed by atoms with van der Waals surface area (Å²) in [6.45, 7) is 4.71. The molecule has 2 unspecified atom stereocenters. The fourth-order valence-electron chi connectivity index (χ4n) is 9.57. The van der Waals surface area contributed by atoms with E-state index in [0.29, 0.717) is 5.92 Å². The Morgan fingerprint density at radius 2 is 1.14 bits per heavy atom. The maximum atomic E-state index is 6.03. The van der Waals surface area contributed by atoms with Gasteiger partial charge in [-0.15, -0.1) is 0 Å². The van der Waals surface area contributed by atoms with E-state index in [1.807, 2.05) is 12.1 Å². The summed E-state index contributed by atoms with van der Waals surface area (Å²) in [6.07, 6.45) is 6.85. The minimum Gasteiger partial charge on any atom is -0.485 e. The number of ether oxygens (including phenoxy) is 1. The molecule has 272 valence electrons. The highest BCUT2D eigenvalue weighted by molar-refractivity contribution is 6.18. The normalized spacial score (nSPS) is 16.9. The van der Waals surface area contributed by atoms with Crippen LogP contribution in [0.25, 0.3) is 60.9 Å². The van der Waals surface area contributed by atoms with Gasteiger partial charge in [-0.05, 0) is 109 Å². The number of benzene rings is 8. The van der Waals surface area contributed by atoms with Gasteiger partial charge in [0, 0.05) is 33.7 Å². The van der Waals surface area contributed by atoms with Crippen molar-refractivity contribution in [2.75, 3.05) is 5.32 Å². The van der Waals surface area contributed by atoms with Gasteiger partial charge in [-0.1, -0.05) is 172 Å². The van der Waals surface area contributed by atoms with Crippen LogP contribution in [0.1, 0.15) is 42.0 Å². The molecular formula is C55H41NO. The topological polar surface area (TPSA) is 21.3 Å². The van der Waals surface area contributed by atoms with E-state index in [9.17, 15) is 0 Å². The third-order valence-corrected chi connectivity index (χ3v) is 12.4. The number of para-hydroxylation sites is 1. The molecule has 8 aromatic carbocycles. The van der Waals surface area contributed by atoms with Crippen molar-refractivity contribution in [2.45, 2.75) is 31.3 Å². The van der Waals surface area contributed by atoms with Crippen LogP contribution in [0.2, 0.25) is 0 Å². The Kier molecular flexibility index (Phi) is 7.69. The monoisotopic (exact) mass is 731 g/mol. The largest absolute Gasteiger partial charge is 0.485 e. The molecule has 0 spiro atoms. The number of allylic oxidation sites excluding steroid dienone is 2. The first-order chi connectivity index (χ1) is 28.0. The lowest BCUT2D eigenvalue weighted by atomic mass is 9.81. The number of hydrogen-bond donors (Lipinski definition) is 1. The highest BCUT2D eigenvalue weighted by atomic mass is 16.5. The van der Waals surface area contributed by atoms with Crippen LogP contribution in [0.5, 0.6) is 5.75 Å². The van der Waals surface area contributed by atoms with Gasteiger partial charge in [0.15, 0.2) is 0 Å². The molecule has 0 saturated heterocycles. The molecule has 57 heavy (non-hydrogen) atoms. The fourth-order valence-corrected chi connectivity index (χ4v) is 9.57. The van der Waals surface area contributed by atoms with Gasteiger partial charge < -0.3 is 10.1 Å². The maximum absolute atomic E-state index is 6.03. The molecule has 0 bridgehead atoms. The molecule has 2 atom stereocenters. The minimum atomic E-state index is -0.0726. The average molecular weight is 732 g/mol. The van der Waals surface area contributed by atoms with E-state index in [2.05, 4.69) is 201 Å². The lowest BCUT2D eigenvalue weighted by Gasteiger charge is -2.23. The Balaban J connectivity index is 0.000000165. The summed E-state index contributed by atoms with van der Waals surface area (Å²) in [6, 6.07) is 63.2. The third-order valence-electron chi connectivity index (χ3n) is 12.4. The van der Waals surface area contributed by atoms with Gasteiger partial charge in [0.05, 0.1) is 0 Å². The summed E-state index contributed by atoms with van der Waals surface area (Å²) in [4.78, 5) is 0. The van der Waals surface area contributed by atoms with E-state index in [-0.39, 0.29) is 11.5 Å². The van der Waals surface area contributed by atoms with Crippen LogP contribution in [0, 0.1) is 0 Å². The lowest BCUT2D eigenvalue weighted by molar-refractivity contribution is 0.269. The quantitative estimate of drug-likeness (QED) is 0.195. The Morgan fingerprint density at radius 1 is 0.509 bits per heavy atom. The van der Waals surface area contributed by atoms with Crippen molar-refractivity contribution >= 4 is 27.7 Å². The molecule has 4 aliphatic rings. The van der Waals surface area contributed by atoms with Crippen molar-refractivity contribution in [1.29, 1.82) is 0 Å². The van der Waals surface area contributed by atoms with Gasteiger partial charge in [-0.25, -0.2) is 0 Å². The SMILES string of the molecule is C1=CC2c3ccccc3OC2C=C1c1ccccc1.CC1(C)c2cc(Nc3ccc4c5c(cccc35)-c3ccccc3-4)ccc2-c2ccc(-c3ccccc3)cc21. The predicted octanol–water partition coefficient (Wildman–Crippen LogP) is 14.4. The molecule has 3 aliphatic carbocycles. The molecule has 1 N–H and O–H groups in total. The van der Waals surface area contributed by atoms with Gasteiger partial charge in [0.1, 0.15) is 11.9 Å². The minimum absolute atomic E-state index is 0.0726. The van der Waals surface area contributed by atoms with Crippen molar-refractivity contribution in [3.05, 3.63) is 216 Å². The van der Waals surface area contributed by atoms with Gasteiger partial charge in [0.25, 0.3) is 0 Å². The van der Waals surface area contributed by atoms with E-state index >= 15 is 0 Å². The molecule has 0 amide bonds. The number of anilines is 2. The van der Waals surface area contributed by atoms with E-state index in [0.717, 1.165) is 17.1 Å². The highest BCUT2D eigenvalue weighted by Gasteiger charge is 2.36. The molecule has 0 aromatic heterocycles. The van der Waals surface area contributed by atoms with Crippen molar-refractivity contribution in [2.24, 2.45) is 0 Å². The zero-order valence-electron chi connectivity index (χ0n) is 32.0. The van der Waals surface area contributed by atoms with Crippen LogP contribution in [-0.4, -0.2) is 6.10 Å². The van der Waals surface area contributed by atoms with Gasteiger partial charge in [0.2, 0.25) is 0 Å². The van der Waals surface area contributed by atoms with Crippen molar-refractivity contribution in [3.8, 4) is 50.3 Å². The molecule has 0 fully saturated rings. The summed E-state index contributed by atoms with van der Waals surface area (Å²) in [5, 5.41) is 6.41. The Bertz CT molecular complexity index is 2910. The zero-order chi connectivity index (χ0) is 38.1. The van der Waals surface area contributed by atoms with Crippen molar-refractivity contribution in [1.82, 2.24) is 0 Å². The number of nitrogens with one attached hydrogen (secondary N) is 1. The lowest BCUT2D eigenvalue weighted by Crippen LogP contribution is -2.17. The van der Waals surface area contributed by atoms with Crippen LogP contribution in [0.3, 0.4) is 0 Å². The van der Waals surface area contributed by atoms with Gasteiger partial charge in [-0.3, -0.25) is 0 Å². The molecule has 12 rings (SSSR count). The third kappa shape index (κ3) is 5.47. The highest BCUT2D eigenvalue weighted by Crippen LogP contribution is 2.52. The van der Waals surface area contributed by atoms with Crippen LogP contribution in [0.15, 0.2) is 194 Å². The van der Waals surface area contributed by atoms with E-state index in [4.69, 9.17) is 4.74 Å². The standard InChI is InChI=1S/C37H27N.C18H14O/c1-37(2)33-21-24(23-9-4-3-5-10-23)15-17-28(33)29-18-16-25(22-34(29)37)38-35-20-19-31-27-12-7-6-11-26(27)30-13-8-14-32(35)36(30)31;1-2-6-13(7-3-1)14-10-11-16-15-8-4-5-9-17(15)19-18(16)12-14/h3-22,38H,1-2H3;1-12,16,18H. The number of hydrogen-bond acceptors (Lipinski definition) is 2. The van der Waals surface area contributed by atoms with Crippen LogP contribution in [0.4, 0.5) is 11.4 Å². The summed E-state index contributed by atoms with van der Waals surface area (Å²) < 4.78 is 6.03. The summed E-state index contributed by atoms with van der Waals surface area (Å²) >= 11 is 0. The smallest absolute Gasteiger partial charge is 0.128 e. The van der Waals surface area contributed by atoms with Gasteiger partial charge in [-0.2, -0.15) is 0 Å². The molecule has 1 heterocycles. The zero-order valence-corrected chi connectivity index (χ0v) is 32.0.